The number of esters is 1. The number of halogens is 3. The molecule has 0 N–H and O–H groups in total. The first kappa shape index (κ1) is 12.3. The van der Waals surface area contributed by atoms with Gasteiger partial charge in [-0.25, -0.2) is 4.79 Å². The van der Waals surface area contributed by atoms with Crippen LogP contribution in [0.2, 0.25) is 6.04 Å². The maximum absolute atomic E-state index is 10.8. The van der Waals surface area contributed by atoms with Gasteiger partial charge in [-0.2, -0.15) is 0 Å². The number of hydrogen-bond donors (Lipinski definition) is 0. The lowest BCUT2D eigenvalue weighted by atomic mass is 10.4. The first-order valence-electron chi connectivity index (χ1n) is 3.22. The van der Waals surface area contributed by atoms with E-state index in [-0.39, 0.29) is 6.61 Å². The highest BCUT2D eigenvalue weighted by molar-refractivity contribution is 7.64. The standard InChI is InChI=1S/C6H9Cl3O2Si/c1-5(2)6(10)11-3-4-12(7,8)9/h1,3-4H2,2H3. The Balaban J connectivity index is 3.58. The molecular formula is C6H9Cl3O2Si. The molecule has 2 nitrogen and oxygen atoms in total. The van der Waals surface area contributed by atoms with E-state index in [1.807, 2.05) is 0 Å². The van der Waals surface area contributed by atoms with Gasteiger partial charge in [-0.3, -0.25) is 0 Å². The first-order valence-corrected chi connectivity index (χ1v) is 8.46. The first-order chi connectivity index (χ1) is 5.33. The van der Waals surface area contributed by atoms with E-state index >= 15 is 0 Å². The summed E-state index contributed by atoms with van der Waals surface area (Å²) in [7, 11) is 0. The molecule has 0 aromatic heterocycles. The van der Waals surface area contributed by atoms with Gasteiger partial charge >= 0.3 is 12.0 Å². The summed E-state index contributed by atoms with van der Waals surface area (Å²) >= 11 is 16.7. The van der Waals surface area contributed by atoms with Crippen molar-refractivity contribution >= 4 is 45.2 Å². The summed E-state index contributed by atoms with van der Waals surface area (Å²) in [5.74, 6) is -0.446. The van der Waals surface area contributed by atoms with Crippen LogP contribution >= 0.6 is 33.2 Å². The molecule has 0 aliphatic rings. The van der Waals surface area contributed by atoms with Crippen molar-refractivity contribution in [2.75, 3.05) is 6.61 Å². The number of ether oxygens (including phenoxy) is 1. The topological polar surface area (TPSA) is 26.3 Å². The molecule has 0 aromatic rings. The summed E-state index contributed by atoms with van der Waals surface area (Å²) in [6, 6.07) is -2.33. The lowest BCUT2D eigenvalue weighted by Crippen LogP contribution is -2.15. The van der Waals surface area contributed by atoms with Crippen molar-refractivity contribution in [3.05, 3.63) is 12.2 Å². The summed E-state index contributed by atoms with van der Waals surface area (Å²) in [4.78, 5) is 10.8. The van der Waals surface area contributed by atoms with Crippen LogP contribution < -0.4 is 0 Å². The van der Waals surface area contributed by atoms with Gasteiger partial charge in [0, 0.05) is 11.6 Å². The Labute approximate surface area is 86.6 Å². The minimum Gasteiger partial charge on any atom is -0.463 e. The van der Waals surface area contributed by atoms with Crippen LogP contribution in [0, 0.1) is 0 Å². The van der Waals surface area contributed by atoms with E-state index in [0.29, 0.717) is 11.6 Å². The highest BCUT2D eigenvalue weighted by Gasteiger charge is 2.24. The second kappa shape index (κ2) is 5.12. The Morgan fingerprint density at radius 1 is 1.50 bits per heavy atom. The maximum Gasteiger partial charge on any atom is 0.344 e. The summed E-state index contributed by atoms with van der Waals surface area (Å²) in [6.07, 6.45) is 0. The second-order valence-corrected chi connectivity index (χ2v) is 11.6. The van der Waals surface area contributed by atoms with E-state index in [4.69, 9.17) is 38.0 Å². The fourth-order valence-corrected chi connectivity index (χ4v) is 1.41. The average molecular weight is 248 g/mol. The van der Waals surface area contributed by atoms with Crippen LogP contribution in [0.3, 0.4) is 0 Å². The van der Waals surface area contributed by atoms with Gasteiger partial charge in [0.1, 0.15) is 0 Å². The summed E-state index contributed by atoms with van der Waals surface area (Å²) < 4.78 is 4.72. The molecule has 0 heterocycles. The number of hydrogen-bond acceptors (Lipinski definition) is 2. The number of carbonyl (C=O) groups excluding carboxylic acids is 1. The van der Waals surface area contributed by atoms with Crippen molar-refractivity contribution in [1.82, 2.24) is 0 Å². The van der Waals surface area contributed by atoms with E-state index in [0.717, 1.165) is 0 Å². The zero-order valence-corrected chi connectivity index (χ0v) is 9.84. The smallest absolute Gasteiger partial charge is 0.344 e. The molecule has 70 valence electrons. The Kier molecular flexibility index (Phi) is 5.25. The van der Waals surface area contributed by atoms with Crippen LogP contribution in [0.15, 0.2) is 12.2 Å². The van der Waals surface area contributed by atoms with Crippen molar-refractivity contribution < 1.29 is 9.53 Å². The molecule has 0 aliphatic heterocycles. The molecule has 0 amide bonds. The Hall–Kier alpha value is 0.297. The zero-order chi connectivity index (χ0) is 9.78. The molecule has 0 spiro atoms. The third-order valence-electron chi connectivity index (χ3n) is 0.967. The van der Waals surface area contributed by atoms with Gasteiger partial charge in [0.25, 0.3) is 0 Å². The molecule has 0 saturated carbocycles. The summed E-state index contributed by atoms with van der Waals surface area (Å²) in [5.41, 5.74) is 0.348. The van der Waals surface area contributed by atoms with Crippen LogP contribution in [0.1, 0.15) is 6.92 Å². The molecule has 0 radical (unpaired) electrons. The predicted molar refractivity (Wildman–Crippen MR) is 53.9 cm³/mol. The summed E-state index contributed by atoms with van der Waals surface area (Å²) in [5, 5.41) is 0. The molecule has 0 bridgehead atoms. The zero-order valence-electron chi connectivity index (χ0n) is 6.57. The van der Waals surface area contributed by atoms with Crippen LogP contribution in [0.5, 0.6) is 0 Å². The fraction of sp³-hybridized carbons (Fsp3) is 0.500. The quantitative estimate of drug-likeness (QED) is 0.330. The van der Waals surface area contributed by atoms with Crippen LogP contribution in [-0.4, -0.2) is 18.6 Å². The van der Waals surface area contributed by atoms with Gasteiger partial charge in [0.2, 0.25) is 0 Å². The van der Waals surface area contributed by atoms with Gasteiger partial charge in [-0.05, 0) is 6.92 Å². The van der Waals surface area contributed by atoms with Crippen LogP contribution in [0.25, 0.3) is 0 Å². The van der Waals surface area contributed by atoms with E-state index in [2.05, 4.69) is 6.58 Å². The lowest BCUT2D eigenvalue weighted by Gasteiger charge is -2.07. The average Bonchev–Trinajstić information content (AvgIpc) is 1.84. The van der Waals surface area contributed by atoms with Gasteiger partial charge in [-0.1, -0.05) is 6.58 Å². The summed E-state index contributed by atoms with van der Waals surface area (Å²) in [6.45, 7) is 5.12. The largest absolute Gasteiger partial charge is 0.463 e. The molecule has 0 fully saturated rings. The van der Waals surface area contributed by atoms with Gasteiger partial charge in [0.15, 0.2) is 0 Å². The molecule has 0 saturated heterocycles. The highest BCUT2D eigenvalue weighted by Crippen LogP contribution is 2.24. The van der Waals surface area contributed by atoms with Gasteiger partial charge in [0.05, 0.1) is 6.61 Å². The maximum atomic E-state index is 10.8. The van der Waals surface area contributed by atoms with Crippen molar-refractivity contribution in [1.29, 1.82) is 0 Å². The molecule has 0 atom stereocenters. The fourth-order valence-electron chi connectivity index (χ4n) is 0.383. The lowest BCUT2D eigenvalue weighted by molar-refractivity contribution is -0.138. The van der Waals surface area contributed by atoms with Crippen molar-refractivity contribution in [3.8, 4) is 0 Å². The Morgan fingerprint density at radius 2 is 2.00 bits per heavy atom. The normalized spacial score (nSPS) is 11.0. The molecule has 0 aliphatic carbocycles. The third kappa shape index (κ3) is 6.97. The molecule has 0 unspecified atom stereocenters. The van der Waals surface area contributed by atoms with E-state index in [9.17, 15) is 4.79 Å². The minimum atomic E-state index is -2.65. The van der Waals surface area contributed by atoms with Crippen LogP contribution in [-0.2, 0) is 9.53 Å². The van der Waals surface area contributed by atoms with Gasteiger partial charge < -0.3 is 4.74 Å². The van der Waals surface area contributed by atoms with E-state index in [1.165, 1.54) is 0 Å². The SMILES string of the molecule is C=C(C)C(=O)OCC[Si](Cl)(Cl)Cl. The Morgan fingerprint density at radius 3 is 2.33 bits per heavy atom. The predicted octanol–water partition coefficient (Wildman–Crippen LogP) is 2.76. The Bertz CT molecular complexity index is 188. The second-order valence-electron chi connectivity index (χ2n) is 2.28. The van der Waals surface area contributed by atoms with Crippen molar-refractivity contribution in [2.24, 2.45) is 0 Å². The van der Waals surface area contributed by atoms with Gasteiger partial charge in [-0.15, -0.1) is 33.2 Å². The highest BCUT2D eigenvalue weighted by atomic mass is 35.8. The monoisotopic (exact) mass is 246 g/mol. The van der Waals surface area contributed by atoms with Crippen molar-refractivity contribution in [3.63, 3.8) is 0 Å². The number of rotatable bonds is 4. The van der Waals surface area contributed by atoms with E-state index < -0.39 is 12.0 Å². The van der Waals surface area contributed by atoms with Crippen molar-refractivity contribution in [2.45, 2.75) is 13.0 Å². The third-order valence-corrected chi connectivity index (χ3v) is 3.44. The minimum absolute atomic E-state index is 0.147. The molecule has 12 heavy (non-hydrogen) atoms. The molecule has 6 heteroatoms. The number of carbonyl (C=O) groups is 1. The molecular weight excluding hydrogens is 239 g/mol. The molecule has 0 aromatic carbocycles. The molecule has 0 rings (SSSR count). The van der Waals surface area contributed by atoms with E-state index in [1.54, 1.807) is 6.92 Å². The van der Waals surface area contributed by atoms with Crippen LogP contribution in [0.4, 0.5) is 0 Å².